The summed E-state index contributed by atoms with van der Waals surface area (Å²) in [6.07, 6.45) is 2.68. The Hall–Kier alpha value is -3.54. The molecule has 1 unspecified atom stereocenters. The van der Waals surface area contributed by atoms with Crippen molar-refractivity contribution in [3.05, 3.63) is 80.2 Å². The minimum Gasteiger partial charge on any atom is -0.508 e. The third-order valence-corrected chi connectivity index (χ3v) is 6.59. The SMILES string of the molecule is O=C1CC(N2C(=O)/C(=C/C(Cl)=C/c3ccc([N+](=O)[O-])cc3)SC2=S)C(=O)N1c1ccc(O)cc1. The van der Waals surface area contributed by atoms with Crippen molar-refractivity contribution in [1.29, 1.82) is 0 Å². The van der Waals surface area contributed by atoms with E-state index in [9.17, 15) is 29.6 Å². The second-order valence-corrected chi connectivity index (χ2v) is 9.35. The fourth-order valence-corrected chi connectivity index (χ4v) is 5.10. The molecular weight excluding hydrogens is 502 g/mol. The number of allylic oxidation sites excluding steroid dienone is 2. The van der Waals surface area contributed by atoms with Crippen molar-refractivity contribution < 1.29 is 24.4 Å². The van der Waals surface area contributed by atoms with Gasteiger partial charge in [0.05, 0.1) is 21.9 Å². The van der Waals surface area contributed by atoms with E-state index >= 15 is 0 Å². The third kappa shape index (κ3) is 4.58. The van der Waals surface area contributed by atoms with Crippen molar-refractivity contribution in [2.45, 2.75) is 12.5 Å². The standard InChI is InChI=1S/C22H14ClN3O6S2/c23-13(9-12-1-3-15(4-2-12)26(31)32)10-18-21(30)25(22(33)34-18)17-11-19(28)24(20(17)29)14-5-7-16(27)8-6-14/h1-10,17,27H,11H2/b13-9-,18-10-. The monoisotopic (exact) mass is 515 g/mol. The lowest BCUT2D eigenvalue weighted by molar-refractivity contribution is -0.384. The van der Waals surface area contributed by atoms with Crippen LogP contribution in [0.5, 0.6) is 5.75 Å². The van der Waals surface area contributed by atoms with Crippen molar-refractivity contribution in [3.63, 3.8) is 0 Å². The number of halogens is 1. The van der Waals surface area contributed by atoms with Crippen LogP contribution in [-0.4, -0.2) is 43.0 Å². The van der Waals surface area contributed by atoms with Crippen LogP contribution in [0.4, 0.5) is 11.4 Å². The normalized spacial score (nSPS) is 20.1. The number of hydrogen-bond acceptors (Lipinski definition) is 8. The Balaban J connectivity index is 1.53. The van der Waals surface area contributed by atoms with Crippen molar-refractivity contribution in [2.75, 3.05) is 4.90 Å². The van der Waals surface area contributed by atoms with E-state index in [1.807, 2.05) is 0 Å². The molecule has 34 heavy (non-hydrogen) atoms. The minimum atomic E-state index is -1.09. The van der Waals surface area contributed by atoms with E-state index in [4.69, 9.17) is 23.8 Å². The average Bonchev–Trinajstić information content (AvgIpc) is 3.22. The quantitative estimate of drug-likeness (QED) is 0.209. The van der Waals surface area contributed by atoms with Gasteiger partial charge in [0.2, 0.25) is 5.91 Å². The molecule has 9 nitrogen and oxygen atoms in total. The number of nitro benzene ring substituents is 1. The van der Waals surface area contributed by atoms with Gasteiger partial charge in [-0.15, -0.1) is 0 Å². The number of nitrogens with zero attached hydrogens (tertiary/aromatic N) is 3. The summed E-state index contributed by atoms with van der Waals surface area (Å²) in [7, 11) is 0. The number of hydrogen-bond donors (Lipinski definition) is 1. The molecule has 2 fully saturated rings. The predicted octanol–water partition coefficient (Wildman–Crippen LogP) is 3.96. The molecular formula is C22H14ClN3O6S2. The maximum Gasteiger partial charge on any atom is 0.269 e. The molecule has 1 N–H and O–H groups in total. The number of carbonyl (C=O) groups excluding carboxylic acids is 3. The van der Waals surface area contributed by atoms with Crippen molar-refractivity contribution in [3.8, 4) is 5.75 Å². The fraction of sp³-hybridized carbons (Fsp3) is 0.0909. The largest absolute Gasteiger partial charge is 0.508 e. The lowest BCUT2D eigenvalue weighted by Crippen LogP contribution is -2.44. The van der Waals surface area contributed by atoms with Crippen LogP contribution < -0.4 is 4.90 Å². The fourth-order valence-electron chi connectivity index (χ4n) is 3.46. The van der Waals surface area contributed by atoms with Gasteiger partial charge < -0.3 is 5.11 Å². The molecule has 172 valence electrons. The van der Waals surface area contributed by atoms with E-state index in [2.05, 4.69) is 0 Å². The topological polar surface area (TPSA) is 121 Å². The van der Waals surface area contributed by atoms with E-state index in [1.54, 1.807) is 0 Å². The molecule has 3 amide bonds. The Morgan fingerprint density at radius 1 is 1.15 bits per heavy atom. The first-order valence-electron chi connectivity index (χ1n) is 9.70. The second kappa shape index (κ2) is 9.37. The smallest absolute Gasteiger partial charge is 0.269 e. The molecule has 2 aromatic carbocycles. The molecule has 0 bridgehead atoms. The van der Waals surface area contributed by atoms with Crippen LogP contribution in [0.25, 0.3) is 6.08 Å². The van der Waals surface area contributed by atoms with Crippen LogP contribution in [0, 0.1) is 10.1 Å². The summed E-state index contributed by atoms with van der Waals surface area (Å²) in [4.78, 5) is 51.1. The molecule has 2 saturated heterocycles. The van der Waals surface area contributed by atoms with Gasteiger partial charge in [0.15, 0.2) is 0 Å². The van der Waals surface area contributed by atoms with E-state index < -0.39 is 28.7 Å². The first-order valence-corrected chi connectivity index (χ1v) is 11.3. The molecule has 0 spiro atoms. The summed E-state index contributed by atoms with van der Waals surface area (Å²) < 4.78 is 0.120. The number of aromatic hydroxyl groups is 1. The van der Waals surface area contributed by atoms with Crippen LogP contribution in [0.3, 0.4) is 0 Å². The Bertz CT molecular complexity index is 1290. The summed E-state index contributed by atoms with van der Waals surface area (Å²) in [6, 6.07) is 10.2. The van der Waals surface area contributed by atoms with Gasteiger partial charge in [-0.2, -0.15) is 0 Å². The number of amides is 3. The summed E-state index contributed by atoms with van der Waals surface area (Å²) in [6.45, 7) is 0. The van der Waals surface area contributed by atoms with Gasteiger partial charge in [-0.1, -0.05) is 35.6 Å². The summed E-state index contributed by atoms with van der Waals surface area (Å²) in [5, 5.41) is 20.4. The van der Waals surface area contributed by atoms with Gasteiger partial charge in [-0.3, -0.25) is 29.4 Å². The summed E-state index contributed by atoms with van der Waals surface area (Å²) >= 11 is 12.5. The van der Waals surface area contributed by atoms with Gasteiger partial charge in [-0.05, 0) is 54.1 Å². The van der Waals surface area contributed by atoms with Crippen molar-refractivity contribution >= 4 is 75.1 Å². The lowest BCUT2D eigenvalue weighted by atomic mass is 10.2. The number of nitro groups is 1. The Labute approximate surface area is 207 Å². The highest BCUT2D eigenvalue weighted by Crippen LogP contribution is 2.37. The van der Waals surface area contributed by atoms with E-state index in [0.717, 1.165) is 21.6 Å². The highest BCUT2D eigenvalue weighted by atomic mass is 35.5. The molecule has 0 saturated carbocycles. The number of phenolic OH excluding ortho intramolecular Hbond substituents is 1. The maximum absolute atomic E-state index is 13.0. The van der Waals surface area contributed by atoms with Gasteiger partial charge in [-0.25, -0.2) is 4.90 Å². The van der Waals surface area contributed by atoms with Gasteiger partial charge >= 0.3 is 0 Å². The molecule has 2 aliphatic heterocycles. The zero-order valence-corrected chi connectivity index (χ0v) is 19.5. The summed E-state index contributed by atoms with van der Waals surface area (Å²) in [5.74, 6) is -1.65. The number of thioether (sulfide) groups is 1. The zero-order valence-electron chi connectivity index (χ0n) is 17.1. The average molecular weight is 516 g/mol. The number of non-ortho nitro benzene ring substituents is 1. The molecule has 2 aliphatic rings. The Kier molecular flexibility index (Phi) is 6.51. The first-order chi connectivity index (χ1) is 16.2. The third-order valence-electron chi connectivity index (χ3n) is 5.04. The zero-order chi connectivity index (χ0) is 24.6. The Morgan fingerprint density at radius 2 is 1.79 bits per heavy atom. The lowest BCUT2D eigenvalue weighted by Gasteiger charge is -2.21. The van der Waals surface area contributed by atoms with Crippen LogP contribution in [-0.2, 0) is 14.4 Å². The van der Waals surface area contributed by atoms with Gasteiger partial charge in [0.25, 0.3) is 17.5 Å². The van der Waals surface area contributed by atoms with Crippen LogP contribution in [0.1, 0.15) is 12.0 Å². The Morgan fingerprint density at radius 3 is 2.41 bits per heavy atom. The van der Waals surface area contributed by atoms with Crippen LogP contribution >= 0.6 is 35.6 Å². The molecule has 2 heterocycles. The second-order valence-electron chi connectivity index (χ2n) is 7.23. The number of thiocarbonyl (C=S) groups is 1. The molecule has 2 aromatic rings. The minimum absolute atomic E-state index is 0.0138. The number of phenols is 1. The molecule has 12 heteroatoms. The van der Waals surface area contributed by atoms with Crippen molar-refractivity contribution in [1.82, 2.24) is 4.90 Å². The maximum atomic E-state index is 13.0. The van der Waals surface area contributed by atoms with E-state index in [0.29, 0.717) is 5.56 Å². The number of rotatable bonds is 5. The van der Waals surface area contributed by atoms with Crippen molar-refractivity contribution in [2.24, 2.45) is 0 Å². The van der Waals surface area contributed by atoms with Gasteiger partial charge in [0.1, 0.15) is 16.1 Å². The number of imide groups is 1. The summed E-state index contributed by atoms with van der Waals surface area (Å²) in [5.41, 5.74) is 0.806. The number of benzene rings is 2. The number of carbonyl (C=O) groups is 3. The van der Waals surface area contributed by atoms with Gasteiger partial charge in [0, 0.05) is 17.2 Å². The van der Waals surface area contributed by atoms with E-state index in [1.165, 1.54) is 60.7 Å². The first kappa shape index (κ1) is 23.6. The molecule has 0 radical (unpaired) electrons. The molecule has 0 aliphatic carbocycles. The van der Waals surface area contributed by atoms with E-state index in [-0.39, 0.29) is 37.8 Å². The van der Waals surface area contributed by atoms with Crippen LogP contribution in [0.15, 0.2) is 64.5 Å². The number of anilines is 1. The molecule has 0 aromatic heterocycles. The van der Waals surface area contributed by atoms with Crippen LogP contribution in [0.2, 0.25) is 0 Å². The highest BCUT2D eigenvalue weighted by Gasteiger charge is 2.48. The highest BCUT2D eigenvalue weighted by molar-refractivity contribution is 8.26. The predicted molar refractivity (Wildman–Crippen MR) is 131 cm³/mol. The molecule has 1 atom stereocenters. The molecule has 4 rings (SSSR count).